The maximum absolute atomic E-state index is 12.1. The zero-order valence-electron chi connectivity index (χ0n) is 19.0. The summed E-state index contributed by atoms with van der Waals surface area (Å²) in [5.41, 5.74) is 11.3. The van der Waals surface area contributed by atoms with Crippen LogP contribution in [0, 0.1) is 0 Å². The van der Waals surface area contributed by atoms with Crippen molar-refractivity contribution in [2.45, 2.75) is 38.6 Å². The van der Waals surface area contributed by atoms with E-state index in [1.165, 1.54) is 0 Å². The molecule has 1 unspecified atom stereocenters. The Balaban J connectivity index is 1.63. The van der Waals surface area contributed by atoms with Gasteiger partial charge in [-0.15, -0.1) is 0 Å². The third-order valence-corrected chi connectivity index (χ3v) is 5.76. The van der Waals surface area contributed by atoms with Gasteiger partial charge in [-0.25, -0.2) is 4.98 Å². The number of carbonyl (C=O) groups excluding carboxylic acids is 1. The fourth-order valence-corrected chi connectivity index (χ4v) is 3.98. The number of nitrogen functional groups attached to an aromatic ring is 1. The first-order valence-corrected chi connectivity index (χ1v) is 11.5. The second-order valence-electron chi connectivity index (χ2n) is 8.40. The Bertz CT molecular complexity index is 1140. The van der Waals surface area contributed by atoms with E-state index in [0.717, 1.165) is 46.1 Å². The number of ether oxygens (including phenoxy) is 1. The summed E-state index contributed by atoms with van der Waals surface area (Å²) in [4.78, 5) is 21.1. The van der Waals surface area contributed by atoms with Crippen LogP contribution in [0.2, 0.25) is 0 Å². The predicted molar refractivity (Wildman–Crippen MR) is 133 cm³/mol. The molecule has 7 heteroatoms. The summed E-state index contributed by atoms with van der Waals surface area (Å²) >= 11 is 0. The molecule has 0 bridgehead atoms. The van der Waals surface area contributed by atoms with Gasteiger partial charge in [0.1, 0.15) is 5.82 Å². The number of nitrogens with one attached hydrogen (secondary N) is 2. The van der Waals surface area contributed by atoms with E-state index in [1.807, 2.05) is 31.3 Å². The van der Waals surface area contributed by atoms with Crippen molar-refractivity contribution >= 4 is 34.4 Å². The smallest absolute Gasteiger partial charge is 0.222 e. The van der Waals surface area contributed by atoms with Crippen molar-refractivity contribution in [1.82, 2.24) is 15.3 Å². The molecule has 3 heterocycles. The Labute approximate surface area is 194 Å². The third kappa shape index (κ3) is 6.08. The maximum Gasteiger partial charge on any atom is 0.222 e. The van der Waals surface area contributed by atoms with Gasteiger partial charge in [0.2, 0.25) is 5.91 Å². The summed E-state index contributed by atoms with van der Waals surface area (Å²) in [7, 11) is 0. The van der Waals surface area contributed by atoms with Crippen molar-refractivity contribution in [1.29, 1.82) is 0 Å². The van der Waals surface area contributed by atoms with Gasteiger partial charge in [-0.3, -0.25) is 9.78 Å². The van der Waals surface area contributed by atoms with Crippen molar-refractivity contribution in [3.63, 3.8) is 0 Å². The van der Waals surface area contributed by atoms with Gasteiger partial charge < -0.3 is 21.1 Å². The summed E-state index contributed by atoms with van der Waals surface area (Å²) in [6.07, 6.45) is 10.4. The van der Waals surface area contributed by atoms with Crippen LogP contribution in [-0.2, 0) is 16.0 Å². The lowest BCUT2D eigenvalue weighted by atomic mass is 10.0. The van der Waals surface area contributed by atoms with Crippen LogP contribution in [0.3, 0.4) is 0 Å². The van der Waals surface area contributed by atoms with Crippen LogP contribution in [0.25, 0.3) is 17.0 Å². The molecule has 4 N–H and O–H groups in total. The number of carbonyl (C=O) groups is 1. The number of rotatable bonds is 2. The van der Waals surface area contributed by atoms with E-state index in [1.54, 1.807) is 6.20 Å². The largest absolute Gasteiger partial charge is 0.384 e. The number of para-hydroxylation sites is 1. The summed E-state index contributed by atoms with van der Waals surface area (Å²) in [6, 6.07) is 10.3. The van der Waals surface area contributed by atoms with Crippen molar-refractivity contribution in [3.05, 3.63) is 65.5 Å². The van der Waals surface area contributed by atoms with Gasteiger partial charge in [0.05, 0.1) is 24.4 Å². The highest BCUT2D eigenvalue weighted by atomic mass is 16.5. The van der Waals surface area contributed by atoms with E-state index in [2.05, 4.69) is 44.9 Å². The predicted octanol–water partition coefficient (Wildman–Crippen LogP) is 3.93. The summed E-state index contributed by atoms with van der Waals surface area (Å²) in [6.45, 7) is 3.72. The van der Waals surface area contributed by atoms with Gasteiger partial charge in [0, 0.05) is 54.3 Å². The van der Waals surface area contributed by atoms with Crippen LogP contribution in [0.4, 0.5) is 11.5 Å². The second kappa shape index (κ2) is 10.9. The highest BCUT2D eigenvalue weighted by molar-refractivity contribution is 5.79. The highest BCUT2D eigenvalue weighted by Gasteiger charge is 2.15. The Hall–Kier alpha value is -3.45. The Morgan fingerprint density at radius 1 is 1.18 bits per heavy atom. The molecule has 3 aromatic rings. The topological polar surface area (TPSA) is 102 Å². The first-order chi connectivity index (χ1) is 16.1. The van der Waals surface area contributed by atoms with Crippen LogP contribution in [0.5, 0.6) is 0 Å². The van der Waals surface area contributed by atoms with E-state index < -0.39 is 0 Å². The van der Waals surface area contributed by atoms with Gasteiger partial charge in [0.15, 0.2) is 0 Å². The molecule has 0 saturated heterocycles. The third-order valence-electron chi connectivity index (χ3n) is 5.76. The van der Waals surface area contributed by atoms with Crippen LogP contribution < -0.4 is 16.4 Å². The Morgan fingerprint density at radius 3 is 2.97 bits per heavy atom. The lowest BCUT2D eigenvalue weighted by molar-refractivity contribution is -0.122. The van der Waals surface area contributed by atoms with Crippen molar-refractivity contribution < 1.29 is 9.53 Å². The number of pyridine rings is 2. The van der Waals surface area contributed by atoms with Gasteiger partial charge in [-0.05, 0) is 37.5 Å². The molecule has 0 saturated carbocycles. The van der Waals surface area contributed by atoms with Crippen molar-refractivity contribution in [2.75, 3.05) is 30.8 Å². The zero-order chi connectivity index (χ0) is 23.0. The van der Waals surface area contributed by atoms with E-state index in [9.17, 15) is 4.79 Å². The number of nitrogens with zero attached hydrogens (tertiary/aromatic N) is 2. The molecule has 0 fully saturated rings. The lowest BCUT2D eigenvalue weighted by Crippen LogP contribution is -2.34. The van der Waals surface area contributed by atoms with Crippen molar-refractivity contribution in [2.24, 2.45) is 0 Å². The van der Waals surface area contributed by atoms with E-state index in [0.29, 0.717) is 38.4 Å². The molecule has 4 rings (SSSR count). The number of amides is 1. The average Bonchev–Trinajstić information content (AvgIpc) is 2.81. The Morgan fingerprint density at radius 2 is 2.06 bits per heavy atom. The molecule has 0 radical (unpaired) electrons. The standard InChI is InChI=1S/C26H31N5O2/c1-18-9-11-28-25-21(7-4-5-12-33-13-10-24(32)31-18)17-30-26(27)22(25)15-19-14-20-6-2-3-8-23(20)29-16-19/h2-4,6-8,14,16-18,28H,5,9-13,15H2,1H3,(H2,27,30)(H,31,32)/b7-4+. The maximum atomic E-state index is 12.1. The number of nitrogens with two attached hydrogens (primary N) is 1. The minimum Gasteiger partial charge on any atom is -0.384 e. The van der Waals surface area contributed by atoms with Gasteiger partial charge in [0.25, 0.3) is 0 Å². The first-order valence-electron chi connectivity index (χ1n) is 11.5. The normalized spacial score (nSPS) is 18.9. The van der Waals surface area contributed by atoms with Gasteiger partial charge in [-0.2, -0.15) is 0 Å². The SMILES string of the molecule is CC1CCNc2c(cnc(N)c2Cc2cnc3ccccc3c2)/C=C/CCOCCC(=O)N1. The monoisotopic (exact) mass is 445 g/mol. The highest BCUT2D eigenvalue weighted by Crippen LogP contribution is 2.29. The molecule has 1 aromatic carbocycles. The summed E-state index contributed by atoms with van der Waals surface area (Å²) < 4.78 is 5.59. The van der Waals surface area contributed by atoms with E-state index >= 15 is 0 Å². The summed E-state index contributed by atoms with van der Waals surface area (Å²) in [5, 5.41) is 7.71. The fraction of sp³-hybridized carbons (Fsp3) is 0.346. The minimum absolute atomic E-state index is 0.0197. The molecule has 1 aliphatic heterocycles. The molecule has 0 aliphatic carbocycles. The molecule has 33 heavy (non-hydrogen) atoms. The quantitative estimate of drug-likeness (QED) is 0.552. The van der Waals surface area contributed by atoms with Gasteiger partial charge in [-0.1, -0.05) is 30.4 Å². The molecule has 0 spiro atoms. The number of aromatic nitrogens is 2. The molecule has 7 nitrogen and oxygen atoms in total. The molecule has 2 aromatic heterocycles. The zero-order valence-corrected chi connectivity index (χ0v) is 19.0. The van der Waals surface area contributed by atoms with E-state index in [4.69, 9.17) is 10.5 Å². The fourth-order valence-electron chi connectivity index (χ4n) is 3.98. The molecule has 172 valence electrons. The first kappa shape index (κ1) is 22.7. The Kier molecular flexibility index (Phi) is 7.52. The number of anilines is 2. The van der Waals surface area contributed by atoms with Crippen LogP contribution >= 0.6 is 0 Å². The van der Waals surface area contributed by atoms with Crippen LogP contribution in [-0.4, -0.2) is 41.7 Å². The van der Waals surface area contributed by atoms with Crippen LogP contribution in [0.15, 0.2) is 48.8 Å². The minimum atomic E-state index is 0.0197. The second-order valence-corrected chi connectivity index (χ2v) is 8.40. The van der Waals surface area contributed by atoms with Gasteiger partial charge >= 0.3 is 0 Å². The average molecular weight is 446 g/mol. The van der Waals surface area contributed by atoms with E-state index in [-0.39, 0.29) is 11.9 Å². The number of benzene rings is 1. The summed E-state index contributed by atoms with van der Waals surface area (Å²) in [5.74, 6) is 0.525. The number of hydrogen-bond donors (Lipinski definition) is 3. The van der Waals surface area contributed by atoms with Crippen molar-refractivity contribution in [3.8, 4) is 0 Å². The molecule has 1 amide bonds. The molecule has 1 atom stereocenters. The van der Waals surface area contributed by atoms with Crippen LogP contribution in [0.1, 0.15) is 42.9 Å². The molecule has 1 aliphatic rings. The molecular weight excluding hydrogens is 414 g/mol. The lowest BCUT2D eigenvalue weighted by Gasteiger charge is -2.19. The molecular formula is C26H31N5O2. The number of fused-ring (bicyclic) bond motifs is 2. The number of hydrogen-bond acceptors (Lipinski definition) is 6.